The van der Waals surface area contributed by atoms with Crippen molar-refractivity contribution in [1.82, 2.24) is 10.6 Å². The van der Waals surface area contributed by atoms with Gasteiger partial charge in [0, 0.05) is 36.7 Å². The largest absolute Gasteiger partial charge is 0.456 e. The first-order valence-electron chi connectivity index (χ1n) is 13.5. The maximum Gasteiger partial charge on any atom is 0.422 e. The molecule has 1 heterocycles. The number of carbonyl (C=O) groups excluding carboxylic acids is 4. The molecule has 0 aromatic heterocycles. The number of hydrogen-bond donors (Lipinski definition) is 3. The van der Waals surface area contributed by atoms with E-state index >= 15 is 0 Å². The van der Waals surface area contributed by atoms with Crippen LogP contribution in [0.4, 0.5) is 13.2 Å². The van der Waals surface area contributed by atoms with Crippen LogP contribution >= 0.6 is 0 Å². The average molecular weight is 619 g/mol. The molecule has 0 radical (unpaired) electrons. The Balaban J connectivity index is 1.40. The predicted octanol–water partition coefficient (Wildman–Crippen LogP) is 2.44. The Kier molecular flexibility index (Phi) is 10.9. The van der Waals surface area contributed by atoms with Crippen molar-refractivity contribution in [1.29, 1.82) is 0 Å². The summed E-state index contributed by atoms with van der Waals surface area (Å²) in [5, 5.41) is 14.2. The van der Waals surface area contributed by atoms with Gasteiger partial charge in [0.1, 0.15) is 25.1 Å². The Morgan fingerprint density at radius 2 is 1.82 bits per heavy atom. The Bertz CT molecular complexity index is 1440. The van der Waals surface area contributed by atoms with E-state index in [1.165, 1.54) is 12.1 Å². The monoisotopic (exact) mass is 618 g/mol. The van der Waals surface area contributed by atoms with E-state index in [1.807, 2.05) is 0 Å². The fourth-order valence-corrected chi connectivity index (χ4v) is 4.50. The van der Waals surface area contributed by atoms with Gasteiger partial charge in [0.2, 0.25) is 5.91 Å². The normalized spacial score (nSPS) is 19.5. The molecule has 4 rings (SSSR count). The van der Waals surface area contributed by atoms with Gasteiger partial charge in [0.25, 0.3) is 5.91 Å². The van der Waals surface area contributed by atoms with E-state index in [4.69, 9.17) is 19.3 Å². The number of aliphatic hydroxyl groups excluding tert-OH is 1. The number of hydrogen-bond acceptors (Lipinski definition) is 9. The van der Waals surface area contributed by atoms with Crippen molar-refractivity contribution in [2.24, 2.45) is 0 Å². The third-order valence-corrected chi connectivity index (χ3v) is 6.55. The zero-order chi connectivity index (χ0) is 31.7. The first-order valence-corrected chi connectivity index (χ1v) is 13.5. The van der Waals surface area contributed by atoms with Crippen LogP contribution in [0.25, 0.3) is 6.08 Å². The number of ether oxygens (including phenoxy) is 4. The van der Waals surface area contributed by atoms with Crippen LogP contribution in [0.1, 0.15) is 38.3 Å². The maximum atomic E-state index is 13.2. The smallest absolute Gasteiger partial charge is 0.422 e. The third kappa shape index (κ3) is 8.99. The van der Waals surface area contributed by atoms with Gasteiger partial charge < -0.3 is 34.7 Å². The molecule has 1 saturated heterocycles. The van der Waals surface area contributed by atoms with Gasteiger partial charge in [-0.15, -0.1) is 0 Å². The summed E-state index contributed by atoms with van der Waals surface area (Å²) in [6.45, 7) is -1.82. The number of carbonyl (C=O) groups is 4. The van der Waals surface area contributed by atoms with Crippen molar-refractivity contribution < 1.29 is 56.4 Å². The molecule has 2 aromatic rings. The standard InChI is InChI=1S/C30H29F3N2O9/c31-30(32,33)16-41-25(37)9-8-19-5-1-2-7-22(19)29(40)44-24-14-21(13-23-26(24)43-17-42-23)28(39)35-15-18-4-3-6-20(12-18)27(38)34-10-11-36/h1-9,12-13,23-24,26,36H,10-11,14-17H2,(H,34,38)(H,35,39). The first-order chi connectivity index (χ1) is 21.0. The summed E-state index contributed by atoms with van der Waals surface area (Å²) in [6, 6.07) is 12.6. The number of aliphatic hydroxyl groups is 1. The van der Waals surface area contributed by atoms with E-state index in [9.17, 15) is 32.3 Å². The molecular weight excluding hydrogens is 589 g/mol. The average Bonchev–Trinajstić information content (AvgIpc) is 3.49. The number of fused-ring (bicyclic) bond motifs is 1. The molecule has 3 unspecified atom stereocenters. The molecule has 44 heavy (non-hydrogen) atoms. The second kappa shape index (κ2) is 14.8. The Morgan fingerprint density at radius 3 is 2.59 bits per heavy atom. The number of amides is 2. The highest BCUT2D eigenvalue weighted by Crippen LogP contribution is 2.31. The summed E-state index contributed by atoms with van der Waals surface area (Å²) in [4.78, 5) is 50.1. The van der Waals surface area contributed by atoms with Gasteiger partial charge in [-0.1, -0.05) is 30.3 Å². The minimum atomic E-state index is -4.68. The number of benzene rings is 2. The summed E-state index contributed by atoms with van der Waals surface area (Å²) < 4.78 is 57.9. The molecule has 2 aromatic carbocycles. The van der Waals surface area contributed by atoms with Crippen LogP contribution in [0.15, 0.2) is 66.3 Å². The molecule has 14 heteroatoms. The summed E-state index contributed by atoms with van der Waals surface area (Å²) >= 11 is 0. The topological polar surface area (TPSA) is 149 Å². The Labute approximate surface area is 249 Å². The summed E-state index contributed by atoms with van der Waals surface area (Å²) in [5.41, 5.74) is 1.51. The summed E-state index contributed by atoms with van der Waals surface area (Å²) in [7, 11) is 0. The minimum absolute atomic E-state index is 0.00647. The Hall–Kier alpha value is -4.53. The van der Waals surface area contributed by atoms with Crippen LogP contribution in [0, 0.1) is 0 Å². The van der Waals surface area contributed by atoms with E-state index in [0.717, 1.165) is 12.2 Å². The first kappa shape index (κ1) is 32.4. The molecule has 11 nitrogen and oxygen atoms in total. The van der Waals surface area contributed by atoms with Gasteiger partial charge in [-0.3, -0.25) is 9.59 Å². The third-order valence-electron chi connectivity index (χ3n) is 6.55. The number of nitrogens with one attached hydrogen (secondary N) is 2. The van der Waals surface area contributed by atoms with Crippen molar-refractivity contribution >= 4 is 29.8 Å². The fourth-order valence-electron chi connectivity index (χ4n) is 4.50. The van der Waals surface area contributed by atoms with E-state index in [1.54, 1.807) is 42.5 Å². The molecule has 0 bridgehead atoms. The zero-order valence-electron chi connectivity index (χ0n) is 23.2. The second-order valence-electron chi connectivity index (χ2n) is 9.73. The van der Waals surface area contributed by atoms with Crippen LogP contribution in [-0.2, 0) is 35.1 Å². The molecule has 2 aliphatic rings. The minimum Gasteiger partial charge on any atom is -0.456 e. The number of alkyl halides is 3. The van der Waals surface area contributed by atoms with E-state index < -0.39 is 48.9 Å². The van der Waals surface area contributed by atoms with Gasteiger partial charge in [0.05, 0.1) is 12.2 Å². The lowest BCUT2D eigenvalue weighted by molar-refractivity contribution is -0.182. The number of rotatable bonds is 11. The highest BCUT2D eigenvalue weighted by molar-refractivity contribution is 5.97. The second-order valence-corrected chi connectivity index (χ2v) is 9.73. The van der Waals surface area contributed by atoms with Crippen molar-refractivity contribution in [3.05, 3.63) is 88.5 Å². The van der Waals surface area contributed by atoms with Gasteiger partial charge in [-0.2, -0.15) is 13.2 Å². The van der Waals surface area contributed by atoms with Gasteiger partial charge in [-0.05, 0) is 41.5 Å². The van der Waals surface area contributed by atoms with Crippen LogP contribution in [0.3, 0.4) is 0 Å². The molecule has 3 atom stereocenters. The van der Waals surface area contributed by atoms with Crippen LogP contribution in [0.2, 0.25) is 0 Å². The molecule has 1 fully saturated rings. The van der Waals surface area contributed by atoms with Crippen molar-refractivity contribution in [3.8, 4) is 0 Å². The molecule has 1 aliphatic carbocycles. The molecular formula is C30H29F3N2O9. The fraction of sp³-hybridized carbons (Fsp3) is 0.333. The molecule has 0 spiro atoms. The number of esters is 2. The van der Waals surface area contributed by atoms with Crippen LogP contribution in [-0.4, -0.2) is 79.9 Å². The summed E-state index contributed by atoms with van der Waals surface area (Å²) in [6.07, 6.45) is -3.46. The van der Waals surface area contributed by atoms with Gasteiger partial charge >= 0.3 is 18.1 Å². The van der Waals surface area contributed by atoms with Crippen molar-refractivity contribution in [2.75, 3.05) is 26.6 Å². The van der Waals surface area contributed by atoms with Crippen LogP contribution < -0.4 is 10.6 Å². The quantitative estimate of drug-likeness (QED) is 0.255. The highest BCUT2D eigenvalue weighted by Gasteiger charge is 2.42. The lowest BCUT2D eigenvalue weighted by Gasteiger charge is -2.30. The molecule has 234 valence electrons. The van der Waals surface area contributed by atoms with Crippen molar-refractivity contribution in [2.45, 2.75) is 37.5 Å². The van der Waals surface area contributed by atoms with Gasteiger partial charge in [-0.25, -0.2) is 9.59 Å². The maximum absolute atomic E-state index is 13.2. The number of halogens is 3. The predicted molar refractivity (Wildman–Crippen MR) is 147 cm³/mol. The zero-order valence-corrected chi connectivity index (χ0v) is 23.2. The highest BCUT2D eigenvalue weighted by atomic mass is 19.4. The lowest BCUT2D eigenvalue weighted by atomic mass is 9.91. The molecule has 2 amide bonds. The SMILES string of the molecule is O=C(C=Cc1ccccc1C(=O)OC1CC(C(=O)NCc2cccc(C(=O)NCCO)c2)=CC2OCOC21)OCC(F)(F)F. The molecule has 3 N–H and O–H groups in total. The lowest BCUT2D eigenvalue weighted by Crippen LogP contribution is -2.43. The van der Waals surface area contributed by atoms with E-state index in [2.05, 4.69) is 15.4 Å². The van der Waals surface area contributed by atoms with E-state index in [0.29, 0.717) is 11.1 Å². The molecule has 0 saturated carbocycles. The Morgan fingerprint density at radius 1 is 1.02 bits per heavy atom. The van der Waals surface area contributed by atoms with Crippen LogP contribution in [0.5, 0.6) is 0 Å². The van der Waals surface area contributed by atoms with E-state index in [-0.39, 0.29) is 55.5 Å². The summed E-state index contributed by atoms with van der Waals surface area (Å²) in [5.74, 6) is -2.87. The van der Waals surface area contributed by atoms with Gasteiger partial charge in [0.15, 0.2) is 6.61 Å². The van der Waals surface area contributed by atoms with Crippen molar-refractivity contribution in [3.63, 3.8) is 0 Å². The molecule has 1 aliphatic heterocycles.